The number of nitrogens with zero attached hydrogens (tertiary/aromatic N) is 4. The number of hydrogen-bond acceptors (Lipinski definition) is 4. The summed E-state index contributed by atoms with van der Waals surface area (Å²) in [6.07, 6.45) is 7.34. The van der Waals surface area contributed by atoms with Gasteiger partial charge in [-0.2, -0.15) is 5.10 Å². The van der Waals surface area contributed by atoms with Crippen LogP contribution in [0, 0.1) is 6.92 Å². The molecule has 0 saturated carbocycles. The number of hydrogen-bond donors (Lipinski definition) is 1. The zero-order valence-electron chi connectivity index (χ0n) is 12.8. The molecule has 0 radical (unpaired) electrons. The molecule has 0 aliphatic heterocycles. The summed E-state index contributed by atoms with van der Waals surface area (Å²) in [5, 5.41) is 8.54. The maximum atomic E-state index is 6.36. The number of rotatable bonds is 7. The van der Waals surface area contributed by atoms with E-state index in [1.54, 1.807) is 12.4 Å². The second-order valence-electron chi connectivity index (χ2n) is 5.07. The third kappa shape index (κ3) is 3.80. The van der Waals surface area contributed by atoms with Crippen molar-refractivity contribution in [1.29, 1.82) is 0 Å². The van der Waals surface area contributed by atoms with Crippen LogP contribution in [0.25, 0.3) is 0 Å². The van der Waals surface area contributed by atoms with E-state index in [2.05, 4.69) is 34.2 Å². The molecule has 1 N–H and O–H groups in total. The third-order valence-corrected chi connectivity index (χ3v) is 3.53. The molecular weight excluding hydrogens is 286 g/mol. The number of aromatic nitrogens is 4. The van der Waals surface area contributed by atoms with Crippen molar-refractivity contribution < 1.29 is 0 Å². The minimum absolute atomic E-state index is 0.0837. The van der Waals surface area contributed by atoms with Gasteiger partial charge in [-0.1, -0.05) is 25.4 Å². The molecule has 2 rings (SSSR count). The predicted molar refractivity (Wildman–Crippen MR) is 84.4 cm³/mol. The van der Waals surface area contributed by atoms with Gasteiger partial charge in [0.05, 0.1) is 40.5 Å². The lowest BCUT2D eigenvalue weighted by molar-refractivity contribution is 0.504. The molecule has 2 heterocycles. The quantitative estimate of drug-likeness (QED) is 0.854. The van der Waals surface area contributed by atoms with E-state index in [1.165, 1.54) is 0 Å². The normalized spacial score (nSPS) is 12.6. The second kappa shape index (κ2) is 7.52. The van der Waals surface area contributed by atoms with Crippen LogP contribution in [0.3, 0.4) is 0 Å². The summed E-state index contributed by atoms with van der Waals surface area (Å²) in [6, 6.07) is -0.0837. The Kier molecular flexibility index (Phi) is 5.70. The average molecular weight is 308 g/mol. The van der Waals surface area contributed by atoms with Gasteiger partial charge >= 0.3 is 0 Å². The van der Waals surface area contributed by atoms with Crippen LogP contribution in [0.15, 0.2) is 18.6 Å². The van der Waals surface area contributed by atoms with Crippen LogP contribution in [0.2, 0.25) is 5.02 Å². The maximum Gasteiger partial charge on any atom is 0.0952 e. The lowest BCUT2D eigenvalue weighted by Crippen LogP contribution is -2.27. The van der Waals surface area contributed by atoms with Crippen LogP contribution < -0.4 is 5.32 Å². The topological polar surface area (TPSA) is 55.6 Å². The first-order valence-electron chi connectivity index (χ1n) is 7.40. The molecule has 0 spiro atoms. The monoisotopic (exact) mass is 307 g/mol. The van der Waals surface area contributed by atoms with Gasteiger partial charge in [-0.15, -0.1) is 0 Å². The van der Waals surface area contributed by atoms with Crippen LogP contribution in [0.5, 0.6) is 0 Å². The zero-order chi connectivity index (χ0) is 15.2. The van der Waals surface area contributed by atoms with Crippen LogP contribution in [-0.4, -0.2) is 26.3 Å². The smallest absolute Gasteiger partial charge is 0.0952 e. The first-order chi connectivity index (χ1) is 10.2. The standard InChI is InChI=1S/C15H22ClN5/c1-4-6-17-14(13-10-18-11(3)8-19-13)15-12(16)9-20-21(15)7-5-2/h8-10,14,17H,4-7H2,1-3H3. The number of halogens is 1. The van der Waals surface area contributed by atoms with E-state index in [0.717, 1.165) is 43.0 Å². The predicted octanol–water partition coefficient (Wildman–Crippen LogP) is 3.13. The second-order valence-corrected chi connectivity index (χ2v) is 5.48. The average Bonchev–Trinajstić information content (AvgIpc) is 2.83. The van der Waals surface area contributed by atoms with Crippen molar-refractivity contribution in [2.24, 2.45) is 0 Å². The Morgan fingerprint density at radius 2 is 2.00 bits per heavy atom. The van der Waals surface area contributed by atoms with E-state index >= 15 is 0 Å². The summed E-state index contributed by atoms with van der Waals surface area (Å²) in [5.41, 5.74) is 2.74. The van der Waals surface area contributed by atoms with Crippen molar-refractivity contribution in [3.8, 4) is 0 Å². The Labute approximate surface area is 130 Å². The van der Waals surface area contributed by atoms with Crippen molar-refractivity contribution >= 4 is 11.6 Å². The van der Waals surface area contributed by atoms with Gasteiger partial charge in [0, 0.05) is 12.7 Å². The zero-order valence-corrected chi connectivity index (χ0v) is 13.6. The maximum absolute atomic E-state index is 6.36. The molecule has 0 aromatic carbocycles. The fourth-order valence-electron chi connectivity index (χ4n) is 2.23. The molecule has 2 aromatic heterocycles. The molecule has 0 saturated heterocycles. The van der Waals surface area contributed by atoms with Crippen LogP contribution in [0.4, 0.5) is 0 Å². The van der Waals surface area contributed by atoms with Gasteiger partial charge < -0.3 is 5.32 Å². The third-order valence-electron chi connectivity index (χ3n) is 3.24. The van der Waals surface area contributed by atoms with Crippen molar-refractivity contribution in [3.63, 3.8) is 0 Å². The molecule has 21 heavy (non-hydrogen) atoms. The minimum atomic E-state index is -0.0837. The fourth-order valence-corrected chi connectivity index (χ4v) is 2.48. The summed E-state index contributed by atoms with van der Waals surface area (Å²) in [6.45, 7) is 7.91. The van der Waals surface area contributed by atoms with E-state index in [9.17, 15) is 0 Å². The highest BCUT2D eigenvalue weighted by atomic mass is 35.5. The van der Waals surface area contributed by atoms with E-state index in [-0.39, 0.29) is 6.04 Å². The van der Waals surface area contributed by atoms with Crippen LogP contribution in [0.1, 0.15) is 49.8 Å². The lowest BCUT2D eigenvalue weighted by atomic mass is 10.1. The Hall–Kier alpha value is -1.46. The van der Waals surface area contributed by atoms with Crippen molar-refractivity contribution in [2.75, 3.05) is 6.54 Å². The van der Waals surface area contributed by atoms with E-state index in [0.29, 0.717) is 5.02 Å². The van der Waals surface area contributed by atoms with Gasteiger partial charge in [-0.3, -0.25) is 14.6 Å². The largest absolute Gasteiger partial charge is 0.304 e. The summed E-state index contributed by atoms with van der Waals surface area (Å²) >= 11 is 6.36. The van der Waals surface area contributed by atoms with Crippen LogP contribution in [-0.2, 0) is 6.54 Å². The van der Waals surface area contributed by atoms with E-state index in [1.807, 2.05) is 17.8 Å². The van der Waals surface area contributed by atoms with Gasteiger partial charge in [0.25, 0.3) is 0 Å². The van der Waals surface area contributed by atoms with E-state index in [4.69, 9.17) is 11.6 Å². The molecule has 0 bridgehead atoms. The molecule has 2 aromatic rings. The van der Waals surface area contributed by atoms with Crippen molar-refractivity contribution in [3.05, 3.63) is 40.7 Å². The highest BCUT2D eigenvalue weighted by Crippen LogP contribution is 2.27. The lowest BCUT2D eigenvalue weighted by Gasteiger charge is -2.20. The Balaban J connectivity index is 2.40. The molecule has 6 heteroatoms. The Bertz CT molecular complexity index is 564. The molecule has 5 nitrogen and oxygen atoms in total. The molecule has 1 atom stereocenters. The molecule has 0 aliphatic rings. The van der Waals surface area contributed by atoms with Crippen molar-refractivity contribution in [2.45, 2.75) is 46.2 Å². The summed E-state index contributed by atoms with van der Waals surface area (Å²) < 4.78 is 1.96. The summed E-state index contributed by atoms with van der Waals surface area (Å²) in [4.78, 5) is 8.85. The summed E-state index contributed by atoms with van der Waals surface area (Å²) in [5.74, 6) is 0. The molecule has 0 amide bonds. The number of aryl methyl sites for hydroxylation is 2. The van der Waals surface area contributed by atoms with Gasteiger partial charge in [-0.25, -0.2) is 0 Å². The van der Waals surface area contributed by atoms with Gasteiger partial charge in [0.15, 0.2) is 0 Å². The number of nitrogens with one attached hydrogen (secondary N) is 1. The minimum Gasteiger partial charge on any atom is -0.304 e. The van der Waals surface area contributed by atoms with Gasteiger partial charge in [0.2, 0.25) is 0 Å². The van der Waals surface area contributed by atoms with E-state index < -0.39 is 0 Å². The molecule has 1 unspecified atom stereocenters. The molecule has 114 valence electrons. The summed E-state index contributed by atoms with van der Waals surface area (Å²) in [7, 11) is 0. The van der Waals surface area contributed by atoms with Crippen molar-refractivity contribution in [1.82, 2.24) is 25.1 Å². The van der Waals surface area contributed by atoms with Gasteiger partial charge in [-0.05, 0) is 26.3 Å². The Morgan fingerprint density at radius 3 is 2.62 bits per heavy atom. The van der Waals surface area contributed by atoms with Crippen LogP contribution >= 0.6 is 11.6 Å². The molecule has 0 fully saturated rings. The Morgan fingerprint density at radius 1 is 1.19 bits per heavy atom. The SMILES string of the molecule is CCCNC(c1cnc(C)cn1)c1c(Cl)cnn1CCC. The molecule has 0 aliphatic carbocycles. The highest BCUT2D eigenvalue weighted by Gasteiger charge is 2.22. The molecular formula is C15H22ClN5. The first kappa shape index (κ1) is 15.9. The first-order valence-corrected chi connectivity index (χ1v) is 7.78. The fraction of sp³-hybridized carbons (Fsp3) is 0.533. The highest BCUT2D eigenvalue weighted by molar-refractivity contribution is 6.31. The van der Waals surface area contributed by atoms with Gasteiger partial charge in [0.1, 0.15) is 0 Å².